The lowest BCUT2D eigenvalue weighted by atomic mass is 10.2. The predicted octanol–water partition coefficient (Wildman–Crippen LogP) is 2.82. The van der Waals surface area contributed by atoms with E-state index >= 15 is 0 Å². The van der Waals surface area contributed by atoms with E-state index in [1.807, 2.05) is 47.9 Å². The van der Waals surface area contributed by atoms with Gasteiger partial charge in [0.15, 0.2) is 0 Å². The van der Waals surface area contributed by atoms with Gasteiger partial charge >= 0.3 is 5.97 Å². The molecule has 0 aliphatic heterocycles. The first-order chi connectivity index (χ1) is 9.71. The number of anilines is 1. The molecule has 0 heterocycles. The molecule has 1 aromatic carbocycles. The first-order valence-electron chi connectivity index (χ1n) is 6.83. The van der Waals surface area contributed by atoms with Gasteiger partial charge in [-0.05, 0) is 36.9 Å². The molecular weight excluding hydrogens is 274 g/mol. The summed E-state index contributed by atoms with van der Waals surface area (Å²) in [6.07, 6.45) is 0. The lowest BCUT2D eigenvalue weighted by Gasteiger charge is -2.23. The van der Waals surface area contributed by atoms with Crippen LogP contribution in [-0.2, 0) is 9.53 Å². The molecule has 0 aliphatic rings. The number of rotatable bonds is 9. The molecule has 5 heteroatoms. The van der Waals surface area contributed by atoms with E-state index in [0.717, 1.165) is 29.5 Å². The summed E-state index contributed by atoms with van der Waals surface area (Å²) in [6.45, 7) is 5.48. The van der Waals surface area contributed by atoms with E-state index in [1.54, 1.807) is 7.11 Å². The fraction of sp³-hybridized carbons (Fsp3) is 0.533. The Morgan fingerprint density at radius 1 is 1.25 bits per heavy atom. The lowest BCUT2D eigenvalue weighted by Crippen LogP contribution is -2.33. The number of esters is 1. The number of hydrogen-bond acceptors (Lipinski definition) is 5. The van der Waals surface area contributed by atoms with Crippen molar-refractivity contribution >= 4 is 23.4 Å². The fourth-order valence-corrected chi connectivity index (χ4v) is 2.41. The maximum absolute atomic E-state index is 11.7. The maximum Gasteiger partial charge on any atom is 0.325 e. The van der Waals surface area contributed by atoms with Crippen LogP contribution in [0.5, 0.6) is 5.75 Å². The fourth-order valence-electron chi connectivity index (χ4n) is 1.77. The van der Waals surface area contributed by atoms with Gasteiger partial charge in [-0.25, -0.2) is 0 Å². The summed E-state index contributed by atoms with van der Waals surface area (Å²) < 4.78 is 10.2. The highest BCUT2D eigenvalue weighted by molar-refractivity contribution is 7.99. The number of benzene rings is 1. The standard InChI is InChI=1S/C15H23NO3S/c1-4-19-15(17)12-16(10-11-20-5-2)13-6-8-14(18-3)9-7-13/h6-9H,4-5,10-12H2,1-3H3. The van der Waals surface area contributed by atoms with Gasteiger partial charge in [0.25, 0.3) is 0 Å². The third-order valence-electron chi connectivity index (χ3n) is 2.77. The molecule has 20 heavy (non-hydrogen) atoms. The Morgan fingerprint density at radius 3 is 2.50 bits per heavy atom. The van der Waals surface area contributed by atoms with Gasteiger partial charge in [-0.3, -0.25) is 4.79 Å². The maximum atomic E-state index is 11.7. The van der Waals surface area contributed by atoms with E-state index in [1.165, 1.54) is 0 Å². The van der Waals surface area contributed by atoms with Crippen molar-refractivity contribution in [3.8, 4) is 5.75 Å². The predicted molar refractivity (Wildman–Crippen MR) is 84.8 cm³/mol. The van der Waals surface area contributed by atoms with Crippen LogP contribution in [0.15, 0.2) is 24.3 Å². The highest BCUT2D eigenvalue weighted by Crippen LogP contribution is 2.19. The molecule has 0 saturated carbocycles. The summed E-state index contributed by atoms with van der Waals surface area (Å²) in [7, 11) is 1.64. The van der Waals surface area contributed by atoms with Gasteiger partial charge < -0.3 is 14.4 Å². The van der Waals surface area contributed by atoms with E-state index in [-0.39, 0.29) is 12.5 Å². The number of hydrogen-bond donors (Lipinski definition) is 0. The number of carbonyl (C=O) groups is 1. The molecule has 112 valence electrons. The first kappa shape index (κ1) is 16.7. The Bertz CT molecular complexity index is 395. The molecular formula is C15H23NO3S. The Hall–Kier alpha value is -1.36. The molecule has 4 nitrogen and oxygen atoms in total. The quantitative estimate of drug-likeness (QED) is 0.518. The molecule has 0 aromatic heterocycles. The molecule has 0 spiro atoms. The van der Waals surface area contributed by atoms with Crippen LogP contribution in [0.3, 0.4) is 0 Å². The van der Waals surface area contributed by atoms with Crippen molar-refractivity contribution in [2.45, 2.75) is 13.8 Å². The Morgan fingerprint density at radius 2 is 1.95 bits per heavy atom. The molecule has 1 rings (SSSR count). The number of methoxy groups -OCH3 is 1. The van der Waals surface area contributed by atoms with Crippen LogP contribution in [0.25, 0.3) is 0 Å². The second-order valence-corrected chi connectivity index (χ2v) is 5.52. The van der Waals surface area contributed by atoms with Crippen molar-refractivity contribution in [1.29, 1.82) is 0 Å². The first-order valence-corrected chi connectivity index (χ1v) is 7.99. The topological polar surface area (TPSA) is 38.8 Å². The van der Waals surface area contributed by atoms with E-state index in [0.29, 0.717) is 6.61 Å². The summed E-state index contributed by atoms with van der Waals surface area (Å²) in [5, 5.41) is 0. The van der Waals surface area contributed by atoms with E-state index < -0.39 is 0 Å². The average Bonchev–Trinajstić information content (AvgIpc) is 2.47. The normalized spacial score (nSPS) is 10.2. The number of nitrogens with zero attached hydrogens (tertiary/aromatic N) is 1. The van der Waals surface area contributed by atoms with Crippen molar-refractivity contribution < 1.29 is 14.3 Å². The Labute approximate surface area is 125 Å². The zero-order valence-corrected chi connectivity index (χ0v) is 13.2. The molecule has 0 aliphatic carbocycles. The molecule has 0 fully saturated rings. The van der Waals surface area contributed by atoms with Crippen LogP contribution < -0.4 is 9.64 Å². The van der Waals surface area contributed by atoms with Crippen molar-refractivity contribution in [2.24, 2.45) is 0 Å². The summed E-state index contributed by atoms with van der Waals surface area (Å²) >= 11 is 1.86. The van der Waals surface area contributed by atoms with Crippen molar-refractivity contribution in [3.05, 3.63) is 24.3 Å². The SMILES string of the molecule is CCOC(=O)CN(CCSCC)c1ccc(OC)cc1. The molecule has 0 saturated heterocycles. The molecule has 0 atom stereocenters. The minimum Gasteiger partial charge on any atom is -0.497 e. The highest BCUT2D eigenvalue weighted by atomic mass is 32.2. The van der Waals surface area contributed by atoms with Gasteiger partial charge in [0.05, 0.1) is 13.7 Å². The summed E-state index contributed by atoms with van der Waals surface area (Å²) in [5.41, 5.74) is 1.01. The van der Waals surface area contributed by atoms with Crippen LogP contribution >= 0.6 is 11.8 Å². The second kappa shape index (κ2) is 9.53. The zero-order valence-electron chi connectivity index (χ0n) is 12.4. The average molecular weight is 297 g/mol. The zero-order chi connectivity index (χ0) is 14.8. The van der Waals surface area contributed by atoms with Crippen LogP contribution in [0.4, 0.5) is 5.69 Å². The third kappa shape index (κ3) is 5.74. The molecule has 0 radical (unpaired) electrons. The number of carbonyl (C=O) groups excluding carboxylic acids is 1. The molecule has 1 aromatic rings. The van der Waals surface area contributed by atoms with Gasteiger partial charge in [-0.2, -0.15) is 11.8 Å². The molecule has 0 unspecified atom stereocenters. The molecule has 0 N–H and O–H groups in total. The van der Waals surface area contributed by atoms with Crippen LogP contribution in [-0.4, -0.2) is 44.3 Å². The second-order valence-electron chi connectivity index (χ2n) is 4.12. The number of thioether (sulfide) groups is 1. The van der Waals surface area contributed by atoms with Gasteiger partial charge in [-0.15, -0.1) is 0 Å². The smallest absolute Gasteiger partial charge is 0.325 e. The van der Waals surface area contributed by atoms with Crippen LogP contribution in [0.2, 0.25) is 0 Å². The minimum atomic E-state index is -0.190. The van der Waals surface area contributed by atoms with Crippen LogP contribution in [0, 0.1) is 0 Å². The monoisotopic (exact) mass is 297 g/mol. The van der Waals surface area contributed by atoms with E-state index in [4.69, 9.17) is 9.47 Å². The Balaban J connectivity index is 2.70. The largest absolute Gasteiger partial charge is 0.497 e. The summed E-state index contributed by atoms with van der Waals surface area (Å²) in [5.74, 6) is 2.69. The van der Waals surface area contributed by atoms with Crippen LogP contribution in [0.1, 0.15) is 13.8 Å². The van der Waals surface area contributed by atoms with E-state index in [9.17, 15) is 4.79 Å². The van der Waals surface area contributed by atoms with Gasteiger partial charge in [0, 0.05) is 18.0 Å². The number of ether oxygens (including phenoxy) is 2. The summed E-state index contributed by atoms with van der Waals surface area (Å²) in [6, 6.07) is 7.74. The van der Waals surface area contributed by atoms with Crippen molar-refractivity contribution in [1.82, 2.24) is 0 Å². The lowest BCUT2D eigenvalue weighted by molar-refractivity contribution is -0.141. The van der Waals surface area contributed by atoms with Gasteiger partial charge in [0.1, 0.15) is 12.3 Å². The third-order valence-corrected chi connectivity index (χ3v) is 3.65. The van der Waals surface area contributed by atoms with Gasteiger partial charge in [0.2, 0.25) is 0 Å². The minimum absolute atomic E-state index is 0.190. The van der Waals surface area contributed by atoms with E-state index in [2.05, 4.69) is 6.92 Å². The Kier molecular flexibility index (Phi) is 7.95. The summed E-state index contributed by atoms with van der Waals surface area (Å²) in [4.78, 5) is 13.7. The highest BCUT2D eigenvalue weighted by Gasteiger charge is 2.12. The van der Waals surface area contributed by atoms with Crippen molar-refractivity contribution in [3.63, 3.8) is 0 Å². The molecule has 0 bridgehead atoms. The van der Waals surface area contributed by atoms with Crippen molar-refractivity contribution in [2.75, 3.05) is 43.2 Å². The molecule has 0 amide bonds. The van der Waals surface area contributed by atoms with Gasteiger partial charge in [-0.1, -0.05) is 6.92 Å².